The van der Waals surface area contributed by atoms with Gasteiger partial charge in [0.15, 0.2) is 0 Å². The van der Waals surface area contributed by atoms with Gasteiger partial charge >= 0.3 is 0 Å². The minimum atomic E-state index is -0.714. The van der Waals surface area contributed by atoms with Crippen molar-refractivity contribution in [3.63, 3.8) is 0 Å². The van der Waals surface area contributed by atoms with Gasteiger partial charge in [-0.25, -0.2) is 4.98 Å². The molecule has 3 aromatic heterocycles. The normalized spacial score (nSPS) is 16.1. The van der Waals surface area contributed by atoms with Crippen molar-refractivity contribution in [2.45, 2.75) is 45.1 Å². The first-order chi connectivity index (χ1) is 17.3. The van der Waals surface area contributed by atoms with E-state index in [1.165, 1.54) is 0 Å². The quantitative estimate of drug-likeness (QED) is 0.444. The molecule has 0 radical (unpaired) electrons. The molecule has 0 bridgehead atoms. The summed E-state index contributed by atoms with van der Waals surface area (Å²) in [5.41, 5.74) is 10.7. The number of anilines is 1. The number of aryl methyl sites for hydroxylation is 1. The Hall–Kier alpha value is -4.16. The van der Waals surface area contributed by atoms with E-state index < -0.39 is 5.41 Å². The summed E-state index contributed by atoms with van der Waals surface area (Å²) in [6, 6.07) is 14.3. The average Bonchev–Trinajstić information content (AvgIpc) is 3.39. The molecule has 9 heteroatoms. The minimum absolute atomic E-state index is 0.216. The van der Waals surface area contributed by atoms with Gasteiger partial charge in [0.2, 0.25) is 5.89 Å². The first-order valence-corrected chi connectivity index (χ1v) is 12.0. The zero-order chi connectivity index (χ0) is 25.3. The van der Waals surface area contributed by atoms with Gasteiger partial charge < -0.3 is 15.1 Å². The van der Waals surface area contributed by atoms with Crippen molar-refractivity contribution in [3.05, 3.63) is 60.2 Å². The molecule has 9 nitrogen and oxygen atoms in total. The zero-order valence-corrected chi connectivity index (χ0v) is 20.6. The Morgan fingerprint density at radius 2 is 1.86 bits per heavy atom. The molecule has 1 aliphatic rings. The maximum atomic E-state index is 9.47. The van der Waals surface area contributed by atoms with E-state index in [0.29, 0.717) is 34.6 Å². The second-order valence-electron chi connectivity index (χ2n) is 9.66. The molecule has 2 N–H and O–H groups in total. The summed E-state index contributed by atoms with van der Waals surface area (Å²) >= 11 is 0. The summed E-state index contributed by atoms with van der Waals surface area (Å²) in [4.78, 5) is 15.9. The third-order valence-corrected chi connectivity index (χ3v) is 6.50. The minimum Gasteiger partial charge on any atom is -0.415 e. The molecule has 1 fully saturated rings. The standard InChI is InChI=1S/C27H28N8O/c1-17-24(32-22(14-31-17)19-10-11-30-23(13-19)27(2,3)16-28)26-34-33-25(36-26)18-6-8-21(9-7-18)35-12-4-5-20(29)15-35/h6-11,13-14,20H,4-5,12,15,29H2,1-3H3. The molecule has 1 aromatic carbocycles. The number of hydrogen-bond donors (Lipinski definition) is 1. The lowest BCUT2D eigenvalue weighted by Crippen LogP contribution is -2.42. The van der Waals surface area contributed by atoms with Gasteiger partial charge in [-0.2, -0.15) is 5.26 Å². The molecule has 0 amide bonds. The molecule has 1 unspecified atom stereocenters. The SMILES string of the molecule is Cc1ncc(-c2ccnc(C(C)(C)C#N)c2)nc1-c1nnc(-c2ccc(N3CCCC(N)C3)cc2)o1. The van der Waals surface area contributed by atoms with E-state index in [4.69, 9.17) is 15.1 Å². The first kappa shape index (κ1) is 23.6. The lowest BCUT2D eigenvalue weighted by molar-refractivity contribution is 0.506. The number of piperidine rings is 1. The van der Waals surface area contributed by atoms with Crippen molar-refractivity contribution >= 4 is 5.69 Å². The van der Waals surface area contributed by atoms with Crippen LogP contribution in [0.25, 0.3) is 34.3 Å². The zero-order valence-electron chi connectivity index (χ0n) is 20.6. The number of hydrogen-bond acceptors (Lipinski definition) is 9. The van der Waals surface area contributed by atoms with Crippen LogP contribution in [0, 0.1) is 18.3 Å². The smallest absolute Gasteiger partial charge is 0.268 e. The number of pyridine rings is 1. The predicted octanol–water partition coefficient (Wildman–Crippen LogP) is 4.29. The molecular formula is C27H28N8O. The van der Waals surface area contributed by atoms with Gasteiger partial charge in [0.25, 0.3) is 5.89 Å². The fourth-order valence-electron chi connectivity index (χ4n) is 4.27. The largest absolute Gasteiger partial charge is 0.415 e. The number of rotatable bonds is 5. The van der Waals surface area contributed by atoms with E-state index in [9.17, 15) is 5.26 Å². The average molecular weight is 481 g/mol. The molecule has 5 rings (SSSR count). The number of benzene rings is 1. The van der Waals surface area contributed by atoms with E-state index in [1.807, 2.05) is 45.0 Å². The lowest BCUT2D eigenvalue weighted by Gasteiger charge is -2.32. The van der Waals surface area contributed by atoms with E-state index >= 15 is 0 Å². The highest BCUT2D eigenvalue weighted by molar-refractivity contribution is 5.64. The summed E-state index contributed by atoms with van der Waals surface area (Å²) in [7, 11) is 0. The molecule has 4 heterocycles. The fraction of sp³-hybridized carbons (Fsp3) is 0.333. The molecule has 182 valence electrons. The predicted molar refractivity (Wildman–Crippen MR) is 137 cm³/mol. The highest BCUT2D eigenvalue weighted by atomic mass is 16.4. The van der Waals surface area contributed by atoms with Gasteiger partial charge in [0, 0.05) is 42.1 Å². The molecule has 1 saturated heterocycles. The van der Waals surface area contributed by atoms with Crippen LogP contribution in [0.4, 0.5) is 5.69 Å². The second kappa shape index (κ2) is 9.47. The summed E-state index contributed by atoms with van der Waals surface area (Å²) in [6.45, 7) is 7.40. The highest BCUT2D eigenvalue weighted by Gasteiger charge is 2.23. The van der Waals surface area contributed by atoms with Crippen LogP contribution in [0.1, 0.15) is 38.1 Å². The lowest BCUT2D eigenvalue weighted by atomic mass is 9.90. The molecule has 1 atom stereocenters. The number of nitriles is 1. The van der Waals surface area contributed by atoms with Crippen molar-refractivity contribution in [2.24, 2.45) is 5.73 Å². The van der Waals surface area contributed by atoms with Crippen LogP contribution in [0.2, 0.25) is 0 Å². The Kier molecular flexibility index (Phi) is 6.20. The summed E-state index contributed by atoms with van der Waals surface area (Å²) in [5, 5.41) is 18.0. The van der Waals surface area contributed by atoms with Crippen molar-refractivity contribution in [1.29, 1.82) is 5.26 Å². The third kappa shape index (κ3) is 4.68. The van der Waals surface area contributed by atoms with Crippen LogP contribution < -0.4 is 10.6 Å². The molecule has 0 aliphatic carbocycles. The van der Waals surface area contributed by atoms with Crippen molar-refractivity contribution in [2.75, 3.05) is 18.0 Å². The molecule has 0 saturated carbocycles. The van der Waals surface area contributed by atoms with Crippen LogP contribution >= 0.6 is 0 Å². The second-order valence-corrected chi connectivity index (χ2v) is 9.66. The van der Waals surface area contributed by atoms with Crippen LogP contribution in [-0.4, -0.2) is 44.3 Å². The maximum absolute atomic E-state index is 9.47. The Labute approximate surface area is 210 Å². The summed E-state index contributed by atoms with van der Waals surface area (Å²) < 4.78 is 6.01. The van der Waals surface area contributed by atoms with Gasteiger partial charge in [-0.05, 0) is 70.0 Å². The van der Waals surface area contributed by atoms with Crippen LogP contribution in [0.3, 0.4) is 0 Å². The molecule has 4 aromatic rings. The highest BCUT2D eigenvalue weighted by Crippen LogP contribution is 2.29. The Morgan fingerprint density at radius 1 is 1.08 bits per heavy atom. The Bertz CT molecular complexity index is 1420. The Morgan fingerprint density at radius 3 is 2.61 bits per heavy atom. The van der Waals surface area contributed by atoms with Crippen LogP contribution in [-0.2, 0) is 5.41 Å². The van der Waals surface area contributed by atoms with E-state index in [2.05, 4.69) is 43.3 Å². The van der Waals surface area contributed by atoms with Gasteiger partial charge in [-0.3, -0.25) is 9.97 Å². The fourth-order valence-corrected chi connectivity index (χ4v) is 4.27. The topological polar surface area (TPSA) is 131 Å². The maximum Gasteiger partial charge on any atom is 0.268 e. The van der Waals surface area contributed by atoms with E-state index in [0.717, 1.165) is 42.7 Å². The molecule has 1 aliphatic heterocycles. The Balaban J connectivity index is 1.41. The third-order valence-electron chi connectivity index (χ3n) is 6.50. The van der Waals surface area contributed by atoms with E-state index in [-0.39, 0.29) is 6.04 Å². The van der Waals surface area contributed by atoms with Crippen LogP contribution in [0.15, 0.2) is 53.2 Å². The molecule has 0 spiro atoms. The van der Waals surface area contributed by atoms with E-state index in [1.54, 1.807) is 12.4 Å². The van der Waals surface area contributed by atoms with Gasteiger partial charge in [-0.15, -0.1) is 10.2 Å². The number of nitrogens with two attached hydrogens (primary N) is 1. The molecular weight excluding hydrogens is 452 g/mol. The van der Waals surface area contributed by atoms with Gasteiger partial charge in [-0.1, -0.05) is 0 Å². The van der Waals surface area contributed by atoms with Crippen molar-refractivity contribution < 1.29 is 4.42 Å². The van der Waals surface area contributed by atoms with Crippen molar-refractivity contribution in [1.82, 2.24) is 25.1 Å². The van der Waals surface area contributed by atoms with Crippen molar-refractivity contribution in [3.8, 4) is 40.4 Å². The molecule has 36 heavy (non-hydrogen) atoms. The number of nitrogens with zero attached hydrogens (tertiary/aromatic N) is 7. The summed E-state index contributed by atoms with van der Waals surface area (Å²) in [5.74, 6) is 0.718. The summed E-state index contributed by atoms with van der Waals surface area (Å²) in [6.07, 6.45) is 5.55. The van der Waals surface area contributed by atoms with Crippen LogP contribution in [0.5, 0.6) is 0 Å². The van der Waals surface area contributed by atoms with Gasteiger partial charge in [0.1, 0.15) is 5.69 Å². The monoisotopic (exact) mass is 480 g/mol. The van der Waals surface area contributed by atoms with Gasteiger partial charge in [0.05, 0.1) is 34.8 Å². The number of aromatic nitrogens is 5. The first-order valence-electron chi connectivity index (χ1n) is 12.0.